The molecule has 0 aliphatic carbocycles. The van der Waals surface area contributed by atoms with Gasteiger partial charge in [0.05, 0.1) is 0 Å². The van der Waals surface area contributed by atoms with Crippen molar-refractivity contribution in [2.75, 3.05) is 7.05 Å². The summed E-state index contributed by atoms with van der Waals surface area (Å²) in [5.74, 6) is 0. The van der Waals surface area contributed by atoms with Gasteiger partial charge in [-0.2, -0.15) is 5.06 Å². The molecule has 1 N–H and O–H groups in total. The quantitative estimate of drug-likeness (QED) is 0.529. The van der Waals surface area contributed by atoms with Crippen LogP contribution in [-0.4, -0.2) is 23.4 Å². The maximum absolute atomic E-state index is 8.65. The predicted molar refractivity (Wildman–Crippen MR) is 29.3 cm³/mol. The van der Waals surface area contributed by atoms with E-state index in [1.807, 2.05) is 13.8 Å². The van der Waals surface area contributed by atoms with E-state index in [-0.39, 0.29) is 0 Å². The summed E-state index contributed by atoms with van der Waals surface area (Å²) in [6.07, 6.45) is 0.993. The Kier molecular flexibility index (Phi) is 2.96. The van der Waals surface area contributed by atoms with Crippen LogP contribution in [0, 0.1) is 0 Å². The van der Waals surface area contributed by atoms with Crippen LogP contribution in [0.5, 0.6) is 0 Å². The van der Waals surface area contributed by atoms with Gasteiger partial charge in [-0.15, -0.1) is 0 Å². The second-order valence-electron chi connectivity index (χ2n) is 1.83. The molecule has 0 aromatic rings. The van der Waals surface area contributed by atoms with Crippen molar-refractivity contribution in [2.45, 2.75) is 26.3 Å². The van der Waals surface area contributed by atoms with E-state index >= 15 is 0 Å². The number of nitrogens with zero attached hydrogens (tertiary/aromatic N) is 1. The van der Waals surface area contributed by atoms with Crippen LogP contribution in [0.25, 0.3) is 0 Å². The van der Waals surface area contributed by atoms with Gasteiger partial charge in [0.1, 0.15) is 0 Å². The summed E-state index contributed by atoms with van der Waals surface area (Å²) in [6.45, 7) is 4.01. The largest absolute Gasteiger partial charge is 0.314 e. The minimum absolute atomic E-state index is 0.292. The molecule has 1 atom stereocenters. The Bertz CT molecular complexity index is 45.3. The molecule has 0 fully saturated rings. The van der Waals surface area contributed by atoms with E-state index in [9.17, 15) is 0 Å². The minimum atomic E-state index is 0.292. The molecule has 0 aliphatic heterocycles. The van der Waals surface area contributed by atoms with Crippen LogP contribution in [-0.2, 0) is 0 Å². The van der Waals surface area contributed by atoms with Gasteiger partial charge in [0.2, 0.25) is 0 Å². The summed E-state index contributed by atoms with van der Waals surface area (Å²) < 4.78 is 0. The lowest BCUT2D eigenvalue weighted by molar-refractivity contribution is -0.0973. The predicted octanol–water partition coefficient (Wildman–Crippen LogP) is 1.11. The van der Waals surface area contributed by atoms with Crippen LogP contribution in [0.2, 0.25) is 0 Å². The van der Waals surface area contributed by atoms with E-state index in [1.165, 1.54) is 5.06 Å². The van der Waals surface area contributed by atoms with E-state index in [0.717, 1.165) is 6.42 Å². The van der Waals surface area contributed by atoms with Gasteiger partial charge < -0.3 is 5.21 Å². The van der Waals surface area contributed by atoms with Crippen molar-refractivity contribution in [1.82, 2.24) is 5.06 Å². The maximum atomic E-state index is 8.65. The van der Waals surface area contributed by atoms with Crippen molar-refractivity contribution < 1.29 is 5.21 Å². The van der Waals surface area contributed by atoms with Crippen molar-refractivity contribution in [3.8, 4) is 0 Å². The first-order valence-corrected chi connectivity index (χ1v) is 2.60. The van der Waals surface area contributed by atoms with Gasteiger partial charge >= 0.3 is 0 Å². The first-order chi connectivity index (χ1) is 3.18. The highest BCUT2D eigenvalue weighted by atomic mass is 16.5. The highest BCUT2D eigenvalue weighted by Crippen LogP contribution is 1.93. The maximum Gasteiger partial charge on any atom is 0.0316 e. The molecule has 2 nitrogen and oxygen atoms in total. The standard InChI is InChI=1S/C5H13NO/c1-4-5(2)6(3)7/h5,7H,4H2,1-3H3/t5-/m1/s1. The summed E-state index contributed by atoms with van der Waals surface area (Å²) in [7, 11) is 1.66. The fraction of sp³-hybridized carbons (Fsp3) is 1.00. The highest BCUT2D eigenvalue weighted by molar-refractivity contribution is 4.48. The Balaban J connectivity index is 3.14. The zero-order chi connectivity index (χ0) is 5.86. The Hall–Kier alpha value is -0.0800. The smallest absolute Gasteiger partial charge is 0.0316 e. The molecule has 0 saturated carbocycles. The zero-order valence-electron chi connectivity index (χ0n) is 5.18. The van der Waals surface area contributed by atoms with E-state index in [1.54, 1.807) is 7.05 Å². The fourth-order valence-electron chi connectivity index (χ4n) is 0.264. The van der Waals surface area contributed by atoms with Gasteiger partial charge in [0.15, 0.2) is 0 Å². The van der Waals surface area contributed by atoms with E-state index in [4.69, 9.17) is 5.21 Å². The molecule has 0 aliphatic rings. The Morgan fingerprint density at radius 1 is 1.71 bits per heavy atom. The van der Waals surface area contributed by atoms with E-state index in [0.29, 0.717) is 6.04 Å². The normalized spacial score (nSPS) is 15.0. The summed E-state index contributed by atoms with van der Waals surface area (Å²) in [6, 6.07) is 0.292. The van der Waals surface area contributed by atoms with Crippen molar-refractivity contribution >= 4 is 0 Å². The Morgan fingerprint density at radius 3 is 2.14 bits per heavy atom. The molecular formula is C5H13NO. The van der Waals surface area contributed by atoms with Gasteiger partial charge in [0.25, 0.3) is 0 Å². The summed E-state index contributed by atoms with van der Waals surface area (Å²) >= 11 is 0. The lowest BCUT2D eigenvalue weighted by Gasteiger charge is -2.14. The lowest BCUT2D eigenvalue weighted by atomic mass is 10.3. The van der Waals surface area contributed by atoms with Crippen molar-refractivity contribution in [3.05, 3.63) is 0 Å². The van der Waals surface area contributed by atoms with Crippen molar-refractivity contribution in [2.24, 2.45) is 0 Å². The number of hydrogen-bond acceptors (Lipinski definition) is 2. The number of hydroxylamine groups is 2. The second-order valence-corrected chi connectivity index (χ2v) is 1.83. The van der Waals surface area contributed by atoms with Gasteiger partial charge in [-0.3, -0.25) is 0 Å². The zero-order valence-corrected chi connectivity index (χ0v) is 5.18. The number of rotatable bonds is 2. The molecule has 0 radical (unpaired) electrons. The summed E-state index contributed by atoms with van der Waals surface area (Å²) in [4.78, 5) is 0. The second kappa shape index (κ2) is 2.99. The summed E-state index contributed by atoms with van der Waals surface area (Å²) in [5, 5.41) is 9.88. The Morgan fingerprint density at radius 2 is 2.14 bits per heavy atom. The average Bonchev–Trinajstić information content (AvgIpc) is 1.65. The van der Waals surface area contributed by atoms with Gasteiger partial charge in [-0.25, -0.2) is 0 Å². The van der Waals surface area contributed by atoms with Crippen LogP contribution in [0.15, 0.2) is 0 Å². The van der Waals surface area contributed by atoms with Gasteiger partial charge in [-0.1, -0.05) is 6.92 Å². The van der Waals surface area contributed by atoms with Crippen LogP contribution in [0.1, 0.15) is 20.3 Å². The first kappa shape index (κ1) is 6.92. The molecule has 0 rings (SSSR count). The molecular weight excluding hydrogens is 90.1 g/mol. The lowest BCUT2D eigenvalue weighted by Crippen LogP contribution is -2.23. The molecule has 0 aromatic carbocycles. The van der Waals surface area contributed by atoms with Crippen LogP contribution >= 0.6 is 0 Å². The molecule has 44 valence electrons. The summed E-state index contributed by atoms with van der Waals surface area (Å²) in [5.41, 5.74) is 0. The third-order valence-electron chi connectivity index (χ3n) is 1.23. The van der Waals surface area contributed by atoms with E-state index in [2.05, 4.69) is 0 Å². The number of hydrogen-bond donors (Lipinski definition) is 1. The molecule has 0 unspecified atom stereocenters. The van der Waals surface area contributed by atoms with Crippen LogP contribution in [0.4, 0.5) is 0 Å². The van der Waals surface area contributed by atoms with Gasteiger partial charge in [-0.05, 0) is 13.3 Å². The molecule has 7 heavy (non-hydrogen) atoms. The molecule has 0 heterocycles. The van der Waals surface area contributed by atoms with Crippen molar-refractivity contribution in [3.63, 3.8) is 0 Å². The topological polar surface area (TPSA) is 23.5 Å². The van der Waals surface area contributed by atoms with Crippen LogP contribution in [0.3, 0.4) is 0 Å². The highest BCUT2D eigenvalue weighted by Gasteiger charge is 1.99. The molecule has 0 amide bonds. The molecule has 0 saturated heterocycles. The van der Waals surface area contributed by atoms with E-state index < -0.39 is 0 Å². The third kappa shape index (κ3) is 2.60. The molecule has 0 bridgehead atoms. The fourth-order valence-corrected chi connectivity index (χ4v) is 0.264. The Labute approximate surface area is 44.7 Å². The molecule has 0 aromatic heterocycles. The minimum Gasteiger partial charge on any atom is -0.314 e. The SMILES string of the molecule is CC[C@@H](C)N(C)O. The van der Waals surface area contributed by atoms with Crippen LogP contribution < -0.4 is 0 Å². The molecule has 2 heteroatoms. The first-order valence-electron chi connectivity index (χ1n) is 2.60. The average molecular weight is 103 g/mol. The molecule has 0 spiro atoms. The monoisotopic (exact) mass is 103 g/mol. The van der Waals surface area contributed by atoms with Gasteiger partial charge in [0, 0.05) is 13.1 Å². The van der Waals surface area contributed by atoms with Crippen molar-refractivity contribution in [1.29, 1.82) is 0 Å². The third-order valence-corrected chi connectivity index (χ3v) is 1.23.